The minimum absolute atomic E-state index is 0. The molecule has 1 aromatic carbocycles. The number of anilines is 1. The van der Waals surface area contributed by atoms with Gasteiger partial charge in [-0.2, -0.15) is 0 Å². The van der Waals surface area contributed by atoms with Gasteiger partial charge in [-0.3, -0.25) is 9.78 Å². The monoisotopic (exact) mass is 327 g/mol. The first-order valence-electron chi connectivity index (χ1n) is 6.63. The minimum Gasteiger partial charge on any atom is -0.323 e. The van der Waals surface area contributed by atoms with Gasteiger partial charge < -0.3 is 11.1 Å². The van der Waals surface area contributed by atoms with Crippen molar-refractivity contribution in [1.82, 2.24) is 4.98 Å². The molecule has 21 heavy (non-hydrogen) atoms. The van der Waals surface area contributed by atoms with E-state index in [4.69, 9.17) is 5.73 Å². The topological polar surface area (TPSA) is 68.0 Å². The number of carbonyl (C=O) groups excluding carboxylic acids is 1. The van der Waals surface area contributed by atoms with Gasteiger partial charge in [0.2, 0.25) is 5.91 Å². The van der Waals surface area contributed by atoms with E-state index in [1.165, 1.54) is 0 Å². The van der Waals surface area contributed by atoms with Crippen LogP contribution in [0.3, 0.4) is 0 Å². The van der Waals surface area contributed by atoms with E-state index in [9.17, 15) is 4.79 Å². The van der Waals surface area contributed by atoms with Gasteiger partial charge >= 0.3 is 0 Å². The average Bonchev–Trinajstić information content (AvgIpc) is 2.87. The third-order valence-corrected chi connectivity index (χ3v) is 3.80. The van der Waals surface area contributed by atoms with E-state index in [0.717, 1.165) is 36.6 Å². The highest BCUT2D eigenvalue weighted by Gasteiger charge is 2.36. The fraction of sp³-hybridized carbons (Fsp3) is 0.333. The summed E-state index contributed by atoms with van der Waals surface area (Å²) in [7, 11) is 0. The summed E-state index contributed by atoms with van der Waals surface area (Å²) in [6, 6.07) is 9.75. The smallest absolute Gasteiger partial charge is 0.244 e. The van der Waals surface area contributed by atoms with E-state index in [2.05, 4.69) is 10.3 Å². The van der Waals surface area contributed by atoms with Crippen molar-refractivity contribution in [3.05, 3.63) is 36.5 Å². The van der Waals surface area contributed by atoms with Crippen molar-refractivity contribution in [3.8, 4) is 0 Å². The number of nitrogens with one attached hydrogen (secondary N) is 1. The fourth-order valence-corrected chi connectivity index (χ4v) is 2.63. The Kier molecular flexibility index (Phi) is 5.96. The molecule has 1 saturated carbocycles. The summed E-state index contributed by atoms with van der Waals surface area (Å²) in [5.41, 5.74) is 7.06. The molecular weight excluding hydrogens is 309 g/mol. The van der Waals surface area contributed by atoms with Gasteiger partial charge in [0.25, 0.3) is 0 Å². The van der Waals surface area contributed by atoms with E-state index in [1.807, 2.05) is 30.3 Å². The Labute approximate surface area is 136 Å². The lowest BCUT2D eigenvalue weighted by atomic mass is 9.98. The van der Waals surface area contributed by atoms with Gasteiger partial charge in [0.15, 0.2) is 0 Å². The Morgan fingerprint density at radius 2 is 1.86 bits per heavy atom. The van der Waals surface area contributed by atoms with Gasteiger partial charge in [0.1, 0.15) is 0 Å². The molecule has 4 nitrogen and oxygen atoms in total. The van der Waals surface area contributed by atoms with Gasteiger partial charge in [-0.25, -0.2) is 0 Å². The van der Waals surface area contributed by atoms with Crippen LogP contribution in [0.25, 0.3) is 10.9 Å². The van der Waals surface area contributed by atoms with E-state index < -0.39 is 5.54 Å². The van der Waals surface area contributed by atoms with E-state index in [1.54, 1.807) is 6.20 Å². The molecule has 1 aromatic heterocycles. The first-order chi connectivity index (χ1) is 9.17. The Bertz CT molecular complexity index is 627. The second-order valence-corrected chi connectivity index (χ2v) is 5.23. The van der Waals surface area contributed by atoms with Crippen LogP contribution in [0.15, 0.2) is 36.5 Å². The van der Waals surface area contributed by atoms with Crippen LogP contribution in [0, 0.1) is 0 Å². The summed E-state index contributed by atoms with van der Waals surface area (Å²) < 4.78 is 0. The lowest BCUT2D eigenvalue weighted by Gasteiger charge is -2.22. The fourth-order valence-electron chi connectivity index (χ4n) is 2.63. The van der Waals surface area contributed by atoms with Crippen LogP contribution < -0.4 is 11.1 Å². The predicted molar refractivity (Wildman–Crippen MR) is 90.3 cm³/mol. The summed E-state index contributed by atoms with van der Waals surface area (Å²) in [6.45, 7) is 0. The molecule has 1 fully saturated rings. The van der Waals surface area contributed by atoms with Crippen molar-refractivity contribution in [2.75, 3.05) is 5.32 Å². The molecule has 0 bridgehead atoms. The van der Waals surface area contributed by atoms with Gasteiger partial charge in [0.05, 0.1) is 22.9 Å². The number of carbonyl (C=O) groups is 1. The van der Waals surface area contributed by atoms with Crippen LogP contribution >= 0.6 is 24.8 Å². The number of hydrogen-bond acceptors (Lipinski definition) is 3. The Morgan fingerprint density at radius 3 is 2.57 bits per heavy atom. The maximum atomic E-state index is 12.2. The number of para-hydroxylation sites is 1. The third-order valence-electron chi connectivity index (χ3n) is 3.80. The van der Waals surface area contributed by atoms with Crippen LogP contribution in [0.4, 0.5) is 5.69 Å². The summed E-state index contributed by atoms with van der Waals surface area (Å²) in [4.78, 5) is 16.5. The highest BCUT2D eigenvalue weighted by Crippen LogP contribution is 2.28. The molecule has 0 unspecified atom stereocenters. The maximum absolute atomic E-state index is 12.2. The standard InChI is InChI=1S/C15H17N3O.2ClH/c16-15(7-3-4-8-15)14(19)18-12-9-11-5-1-2-6-13(11)17-10-12;;/h1-2,5-6,9-10H,3-4,7-8,16H2,(H,18,19);2*1H. The van der Waals surface area contributed by atoms with E-state index in [0.29, 0.717) is 5.69 Å². The lowest BCUT2D eigenvalue weighted by Crippen LogP contribution is -2.48. The number of fused-ring (bicyclic) bond motifs is 1. The zero-order chi connectivity index (χ0) is 13.3. The van der Waals surface area contributed by atoms with Crippen LogP contribution in [-0.4, -0.2) is 16.4 Å². The van der Waals surface area contributed by atoms with Gasteiger partial charge in [-0.1, -0.05) is 31.0 Å². The number of halogens is 2. The largest absolute Gasteiger partial charge is 0.323 e. The van der Waals surface area contributed by atoms with Crippen molar-refractivity contribution in [2.24, 2.45) is 5.73 Å². The maximum Gasteiger partial charge on any atom is 0.244 e. The van der Waals surface area contributed by atoms with Crippen LogP contribution in [0.5, 0.6) is 0 Å². The Morgan fingerprint density at radius 1 is 1.19 bits per heavy atom. The molecule has 2 aromatic rings. The van der Waals surface area contributed by atoms with Crippen molar-refractivity contribution >= 4 is 47.3 Å². The molecule has 114 valence electrons. The molecule has 0 spiro atoms. The number of aromatic nitrogens is 1. The van der Waals surface area contributed by atoms with Crippen LogP contribution in [-0.2, 0) is 4.79 Å². The molecule has 1 amide bonds. The number of pyridine rings is 1. The zero-order valence-electron chi connectivity index (χ0n) is 11.5. The predicted octanol–water partition coefficient (Wildman–Crippen LogP) is 3.29. The number of rotatable bonds is 2. The summed E-state index contributed by atoms with van der Waals surface area (Å²) >= 11 is 0. The Hall–Kier alpha value is -1.36. The molecule has 1 aliphatic rings. The molecule has 1 aliphatic carbocycles. The third kappa shape index (κ3) is 3.64. The first kappa shape index (κ1) is 17.7. The molecule has 0 radical (unpaired) electrons. The van der Waals surface area contributed by atoms with Crippen molar-refractivity contribution in [3.63, 3.8) is 0 Å². The van der Waals surface area contributed by atoms with Crippen LogP contribution in [0.2, 0.25) is 0 Å². The summed E-state index contributed by atoms with van der Waals surface area (Å²) in [5.74, 6) is -0.0953. The average molecular weight is 328 g/mol. The van der Waals surface area contributed by atoms with E-state index >= 15 is 0 Å². The second kappa shape index (κ2) is 7.07. The SMILES string of the molecule is Cl.Cl.NC1(C(=O)Nc2cnc3ccccc3c2)CCCC1. The first-order valence-corrected chi connectivity index (χ1v) is 6.63. The van der Waals surface area contributed by atoms with Crippen molar-refractivity contribution in [1.29, 1.82) is 0 Å². The van der Waals surface area contributed by atoms with Crippen LogP contribution in [0.1, 0.15) is 25.7 Å². The highest BCUT2D eigenvalue weighted by atomic mass is 35.5. The minimum atomic E-state index is -0.703. The normalized spacial score (nSPS) is 15.9. The lowest BCUT2D eigenvalue weighted by molar-refractivity contribution is -0.121. The van der Waals surface area contributed by atoms with Gasteiger partial charge in [0, 0.05) is 5.39 Å². The second-order valence-electron chi connectivity index (χ2n) is 5.23. The van der Waals surface area contributed by atoms with Gasteiger partial charge in [-0.05, 0) is 25.0 Å². The Balaban J connectivity index is 0.00000110. The van der Waals surface area contributed by atoms with Crippen molar-refractivity contribution < 1.29 is 4.79 Å². The van der Waals surface area contributed by atoms with Gasteiger partial charge in [-0.15, -0.1) is 24.8 Å². The highest BCUT2D eigenvalue weighted by molar-refractivity contribution is 5.99. The summed E-state index contributed by atoms with van der Waals surface area (Å²) in [6.07, 6.45) is 5.26. The molecule has 3 rings (SSSR count). The quantitative estimate of drug-likeness (QED) is 0.889. The molecule has 1 heterocycles. The number of nitrogens with two attached hydrogens (primary N) is 1. The number of nitrogens with zero attached hydrogens (tertiary/aromatic N) is 1. The molecule has 0 aliphatic heterocycles. The van der Waals surface area contributed by atoms with E-state index in [-0.39, 0.29) is 30.7 Å². The summed E-state index contributed by atoms with van der Waals surface area (Å²) in [5, 5.41) is 3.90. The number of hydrogen-bond donors (Lipinski definition) is 2. The number of benzene rings is 1. The molecule has 6 heteroatoms. The molecule has 0 atom stereocenters. The molecular formula is C15H19Cl2N3O. The molecule has 0 saturated heterocycles. The molecule has 3 N–H and O–H groups in total. The van der Waals surface area contributed by atoms with Crippen molar-refractivity contribution in [2.45, 2.75) is 31.2 Å². The zero-order valence-corrected chi connectivity index (χ0v) is 13.2. The number of amides is 1.